The first-order valence-corrected chi connectivity index (χ1v) is 7.43. The Bertz CT molecular complexity index is 454. The summed E-state index contributed by atoms with van der Waals surface area (Å²) in [5, 5.41) is 16.9. The number of aliphatic hydroxyl groups excluding tert-OH is 1. The molecule has 0 aromatic carbocycles. The lowest BCUT2D eigenvalue weighted by molar-refractivity contribution is -0.0609. The van der Waals surface area contributed by atoms with Gasteiger partial charge >= 0.3 is 0 Å². The van der Waals surface area contributed by atoms with E-state index in [2.05, 4.69) is 22.4 Å². The van der Waals surface area contributed by atoms with E-state index in [1.165, 1.54) is 0 Å². The van der Waals surface area contributed by atoms with E-state index in [4.69, 9.17) is 9.26 Å². The van der Waals surface area contributed by atoms with E-state index in [0.29, 0.717) is 24.7 Å². The molecule has 0 amide bonds. The van der Waals surface area contributed by atoms with Crippen LogP contribution in [0.25, 0.3) is 0 Å². The van der Waals surface area contributed by atoms with Gasteiger partial charge in [-0.1, -0.05) is 12.1 Å². The third-order valence-electron chi connectivity index (χ3n) is 4.73. The lowest BCUT2D eigenvalue weighted by Gasteiger charge is -2.35. The van der Waals surface area contributed by atoms with Crippen LogP contribution in [0.4, 0.5) is 0 Å². The highest BCUT2D eigenvalue weighted by Crippen LogP contribution is 2.41. The summed E-state index contributed by atoms with van der Waals surface area (Å²) in [6.07, 6.45) is 4.41. The van der Waals surface area contributed by atoms with Gasteiger partial charge in [0.2, 0.25) is 11.7 Å². The minimum absolute atomic E-state index is 0.0392. The maximum atomic E-state index is 9.57. The van der Waals surface area contributed by atoms with E-state index < -0.39 is 5.60 Å². The van der Waals surface area contributed by atoms with Crippen LogP contribution in [-0.4, -0.2) is 35.0 Å². The van der Waals surface area contributed by atoms with Gasteiger partial charge < -0.3 is 19.7 Å². The average Bonchev–Trinajstić information content (AvgIpc) is 3.09. The van der Waals surface area contributed by atoms with Crippen LogP contribution < -0.4 is 5.32 Å². The van der Waals surface area contributed by atoms with Gasteiger partial charge in [-0.2, -0.15) is 4.98 Å². The van der Waals surface area contributed by atoms with E-state index in [0.717, 1.165) is 31.6 Å². The molecule has 1 aliphatic carbocycles. The summed E-state index contributed by atoms with van der Waals surface area (Å²) in [6, 6.07) is -0.0392. The minimum atomic E-state index is -0.397. The molecule has 6 heteroatoms. The molecule has 112 valence electrons. The molecule has 2 aliphatic rings. The molecule has 2 heterocycles. The van der Waals surface area contributed by atoms with Crippen molar-refractivity contribution < 1.29 is 14.4 Å². The summed E-state index contributed by atoms with van der Waals surface area (Å²) in [5.41, 5.74) is -0.397. The van der Waals surface area contributed by atoms with Gasteiger partial charge in [-0.15, -0.1) is 0 Å². The largest absolute Gasteiger partial charge is 0.392 e. The van der Waals surface area contributed by atoms with Crippen molar-refractivity contribution in [2.75, 3.05) is 13.7 Å². The van der Waals surface area contributed by atoms with Crippen molar-refractivity contribution in [1.82, 2.24) is 15.5 Å². The van der Waals surface area contributed by atoms with Crippen molar-refractivity contribution in [3.63, 3.8) is 0 Å². The summed E-state index contributed by atoms with van der Waals surface area (Å²) < 4.78 is 11.1. The van der Waals surface area contributed by atoms with Gasteiger partial charge in [0.05, 0.1) is 12.1 Å². The quantitative estimate of drug-likeness (QED) is 0.874. The molecule has 2 N–H and O–H groups in total. The van der Waals surface area contributed by atoms with Gasteiger partial charge in [0.15, 0.2) is 0 Å². The van der Waals surface area contributed by atoms with Crippen LogP contribution in [0.5, 0.6) is 0 Å². The standard InChI is InChI=1S/C14H23N3O3/c1-9-3-5-14(19-2,6-4-9)13-16-12(20-17-13)11-7-10(18)8-15-11/h9-11,15,18H,3-8H2,1-2H3/t9?,10?,11-,14?/m0/s1. The molecule has 1 aromatic heterocycles. The van der Waals surface area contributed by atoms with Crippen molar-refractivity contribution in [3.05, 3.63) is 11.7 Å². The monoisotopic (exact) mass is 281 g/mol. The van der Waals surface area contributed by atoms with Crippen molar-refractivity contribution in [3.8, 4) is 0 Å². The smallest absolute Gasteiger partial charge is 0.243 e. The van der Waals surface area contributed by atoms with Crippen molar-refractivity contribution in [2.45, 2.75) is 56.8 Å². The van der Waals surface area contributed by atoms with E-state index in [-0.39, 0.29) is 12.1 Å². The van der Waals surface area contributed by atoms with E-state index in [9.17, 15) is 5.11 Å². The molecular weight excluding hydrogens is 258 g/mol. The predicted octanol–water partition coefficient (Wildman–Crippen LogP) is 1.52. The molecule has 2 fully saturated rings. The van der Waals surface area contributed by atoms with E-state index >= 15 is 0 Å². The average molecular weight is 281 g/mol. The predicted molar refractivity (Wildman–Crippen MR) is 72.0 cm³/mol. The van der Waals surface area contributed by atoms with Gasteiger partial charge in [-0.3, -0.25) is 0 Å². The van der Waals surface area contributed by atoms with Gasteiger partial charge in [0.25, 0.3) is 0 Å². The molecule has 3 rings (SSSR count). The van der Waals surface area contributed by atoms with Crippen LogP contribution in [0, 0.1) is 5.92 Å². The Morgan fingerprint density at radius 1 is 1.40 bits per heavy atom. The molecule has 1 saturated carbocycles. The molecule has 0 spiro atoms. The van der Waals surface area contributed by atoms with Crippen LogP contribution in [0.1, 0.15) is 56.8 Å². The Kier molecular flexibility index (Phi) is 3.79. The van der Waals surface area contributed by atoms with Gasteiger partial charge in [0, 0.05) is 13.7 Å². The Morgan fingerprint density at radius 2 is 2.15 bits per heavy atom. The summed E-state index contributed by atoms with van der Waals surface area (Å²) in [4.78, 5) is 4.54. The Morgan fingerprint density at radius 3 is 2.75 bits per heavy atom. The molecule has 1 aromatic rings. The normalized spacial score (nSPS) is 38.2. The zero-order chi connectivity index (χ0) is 14.2. The van der Waals surface area contributed by atoms with E-state index in [1.807, 2.05) is 0 Å². The molecule has 1 aliphatic heterocycles. The highest BCUT2D eigenvalue weighted by molar-refractivity contribution is 5.06. The van der Waals surface area contributed by atoms with Crippen LogP contribution in [-0.2, 0) is 10.3 Å². The first-order chi connectivity index (χ1) is 9.63. The second-order valence-corrected chi connectivity index (χ2v) is 6.19. The Labute approximate surface area is 118 Å². The molecule has 1 saturated heterocycles. The maximum absolute atomic E-state index is 9.57. The second kappa shape index (κ2) is 5.42. The molecule has 6 nitrogen and oxygen atoms in total. The number of hydrogen-bond donors (Lipinski definition) is 2. The lowest BCUT2D eigenvalue weighted by Crippen LogP contribution is -2.34. The van der Waals surface area contributed by atoms with E-state index in [1.54, 1.807) is 7.11 Å². The maximum Gasteiger partial charge on any atom is 0.243 e. The molecule has 20 heavy (non-hydrogen) atoms. The number of β-amino-alcohol motifs (C(OH)–C–C–N with tert-alkyl or cyclic N) is 1. The highest BCUT2D eigenvalue weighted by Gasteiger charge is 2.41. The first-order valence-electron chi connectivity index (χ1n) is 7.43. The number of methoxy groups -OCH3 is 1. The van der Waals surface area contributed by atoms with Crippen LogP contribution >= 0.6 is 0 Å². The van der Waals surface area contributed by atoms with Gasteiger partial charge in [-0.05, 0) is 38.0 Å². The van der Waals surface area contributed by atoms with Crippen molar-refractivity contribution in [1.29, 1.82) is 0 Å². The molecule has 1 unspecified atom stereocenters. The Balaban J connectivity index is 1.78. The molecular formula is C14H23N3O3. The topological polar surface area (TPSA) is 80.4 Å². The summed E-state index contributed by atoms with van der Waals surface area (Å²) in [6.45, 7) is 2.85. The van der Waals surface area contributed by atoms with Crippen molar-refractivity contribution in [2.24, 2.45) is 5.92 Å². The SMILES string of the molecule is COC1(c2noc([C@@H]3CC(O)CN3)n2)CCC(C)CC1. The number of nitrogens with zero attached hydrogens (tertiary/aromatic N) is 2. The zero-order valence-corrected chi connectivity index (χ0v) is 12.1. The number of hydrogen-bond acceptors (Lipinski definition) is 6. The molecule has 2 atom stereocenters. The zero-order valence-electron chi connectivity index (χ0n) is 12.1. The van der Waals surface area contributed by atoms with Gasteiger partial charge in [0.1, 0.15) is 5.60 Å². The van der Waals surface area contributed by atoms with Crippen LogP contribution in [0.3, 0.4) is 0 Å². The molecule has 0 bridgehead atoms. The summed E-state index contributed by atoms with van der Waals surface area (Å²) in [5.74, 6) is 1.95. The highest BCUT2D eigenvalue weighted by atomic mass is 16.5. The fourth-order valence-corrected chi connectivity index (χ4v) is 3.21. The third kappa shape index (κ3) is 2.47. The van der Waals surface area contributed by atoms with Gasteiger partial charge in [-0.25, -0.2) is 0 Å². The third-order valence-corrected chi connectivity index (χ3v) is 4.73. The Hall–Kier alpha value is -0.980. The lowest BCUT2D eigenvalue weighted by atomic mass is 9.79. The van der Waals surface area contributed by atoms with Crippen LogP contribution in [0.15, 0.2) is 4.52 Å². The fourth-order valence-electron chi connectivity index (χ4n) is 3.21. The minimum Gasteiger partial charge on any atom is -0.392 e. The van der Waals surface area contributed by atoms with Crippen molar-refractivity contribution >= 4 is 0 Å². The molecule has 0 radical (unpaired) electrons. The summed E-state index contributed by atoms with van der Waals surface area (Å²) in [7, 11) is 1.73. The second-order valence-electron chi connectivity index (χ2n) is 6.19. The number of nitrogens with one attached hydrogen (secondary N) is 1. The first kappa shape index (κ1) is 14.0. The number of rotatable bonds is 3. The summed E-state index contributed by atoms with van der Waals surface area (Å²) >= 11 is 0. The van der Waals surface area contributed by atoms with Crippen LogP contribution in [0.2, 0.25) is 0 Å². The number of aliphatic hydroxyl groups is 1. The fraction of sp³-hybridized carbons (Fsp3) is 0.857. The number of ether oxygens (including phenoxy) is 1. The number of aromatic nitrogens is 2.